The number of carbonyl (C=O) groups is 1. The molecule has 88 valence electrons. The van der Waals surface area contributed by atoms with E-state index in [2.05, 4.69) is 0 Å². The van der Waals surface area contributed by atoms with E-state index in [1.54, 1.807) is 6.92 Å². The first-order valence-corrected chi connectivity index (χ1v) is 5.09. The molecule has 15 heavy (non-hydrogen) atoms. The maximum Gasteiger partial charge on any atom is 0.333 e. The van der Waals surface area contributed by atoms with Gasteiger partial charge in [-0.25, -0.2) is 4.79 Å². The zero-order chi connectivity index (χ0) is 11.8. The van der Waals surface area contributed by atoms with Crippen molar-refractivity contribution in [1.82, 2.24) is 0 Å². The fraction of sp³-hybridized carbons (Fsp3) is 0.727. The molecule has 0 bridgehead atoms. The Balaban J connectivity index is 4.18. The Morgan fingerprint density at radius 3 is 2.27 bits per heavy atom. The van der Waals surface area contributed by atoms with E-state index in [9.17, 15) is 4.79 Å². The molecule has 1 atom stereocenters. The zero-order valence-corrected chi connectivity index (χ0v) is 9.62. The van der Waals surface area contributed by atoms with Gasteiger partial charge in [-0.15, -0.1) is 0 Å². The smallest absolute Gasteiger partial charge is 0.333 e. The van der Waals surface area contributed by atoms with Crippen LogP contribution in [0.25, 0.3) is 0 Å². The van der Waals surface area contributed by atoms with Crippen molar-refractivity contribution >= 4 is 5.97 Å². The van der Waals surface area contributed by atoms with Crippen LogP contribution in [-0.2, 0) is 9.53 Å². The lowest BCUT2D eigenvalue weighted by molar-refractivity contribution is -0.146. The molecule has 0 aromatic heterocycles. The van der Waals surface area contributed by atoms with Crippen LogP contribution in [0.4, 0.5) is 0 Å². The largest absolute Gasteiger partial charge is 0.457 e. The van der Waals surface area contributed by atoms with Gasteiger partial charge in [0.05, 0.1) is 6.61 Å². The highest BCUT2D eigenvalue weighted by atomic mass is 16.6. The third-order valence-corrected chi connectivity index (χ3v) is 2.22. The minimum atomic E-state index is -0.515. The van der Waals surface area contributed by atoms with Gasteiger partial charge in [0.1, 0.15) is 6.10 Å². The van der Waals surface area contributed by atoms with Gasteiger partial charge in [-0.3, -0.25) is 0 Å². The van der Waals surface area contributed by atoms with E-state index in [-0.39, 0.29) is 13.2 Å². The molecule has 2 N–H and O–H groups in total. The topological polar surface area (TPSA) is 66.8 Å². The molecule has 4 nitrogen and oxygen atoms in total. The van der Waals surface area contributed by atoms with Gasteiger partial charge in [-0.05, 0) is 33.6 Å². The Kier molecular flexibility index (Phi) is 6.99. The van der Waals surface area contributed by atoms with Crippen LogP contribution in [-0.4, -0.2) is 35.5 Å². The highest BCUT2D eigenvalue weighted by Crippen LogP contribution is 2.09. The molecule has 1 unspecified atom stereocenters. The number of carbonyl (C=O) groups excluding carboxylic acids is 1. The van der Waals surface area contributed by atoms with E-state index in [4.69, 9.17) is 14.9 Å². The molecule has 0 aromatic carbocycles. The van der Waals surface area contributed by atoms with Crippen molar-refractivity contribution in [2.75, 3.05) is 13.2 Å². The average Bonchev–Trinajstić information content (AvgIpc) is 2.22. The standard InChI is InChI=1S/C11H20O4/c1-8(2)9(3)11(14)15-10(7-13)5-4-6-12/h10,12-13H,4-7H2,1-3H3. The first-order valence-electron chi connectivity index (χ1n) is 5.09. The van der Waals surface area contributed by atoms with Crippen molar-refractivity contribution in [3.63, 3.8) is 0 Å². The third-order valence-electron chi connectivity index (χ3n) is 2.22. The molecule has 0 spiro atoms. The molecule has 0 aliphatic heterocycles. The van der Waals surface area contributed by atoms with Crippen LogP contribution >= 0.6 is 0 Å². The number of esters is 1. The fourth-order valence-electron chi connectivity index (χ4n) is 0.950. The normalized spacial score (nSPS) is 12.1. The molecule has 0 amide bonds. The summed E-state index contributed by atoms with van der Waals surface area (Å²) in [6.07, 6.45) is 0.486. The molecule has 0 heterocycles. The summed E-state index contributed by atoms with van der Waals surface area (Å²) in [5.41, 5.74) is 1.47. The lowest BCUT2D eigenvalue weighted by atomic mass is 10.1. The predicted octanol–water partition coefficient (Wildman–Crippen LogP) is 1.02. The second-order valence-corrected chi connectivity index (χ2v) is 3.70. The molecule has 0 saturated heterocycles. The summed E-state index contributed by atoms with van der Waals surface area (Å²) in [6.45, 7) is 5.19. The second kappa shape index (κ2) is 7.43. The minimum Gasteiger partial charge on any atom is -0.457 e. The molecule has 0 aliphatic carbocycles. The highest BCUT2D eigenvalue weighted by molar-refractivity contribution is 5.88. The van der Waals surface area contributed by atoms with Gasteiger partial charge in [0, 0.05) is 12.2 Å². The number of allylic oxidation sites excluding steroid dienone is 1. The van der Waals surface area contributed by atoms with Gasteiger partial charge in [0.2, 0.25) is 0 Å². The first kappa shape index (κ1) is 14.1. The summed E-state index contributed by atoms with van der Waals surface area (Å²) < 4.78 is 5.07. The van der Waals surface area contributed by atoms with Crippen molar-refractivity contribution in [2.24, 2.45) is 0 Å². The Bertz CT molecular complexity index is 229. The Morgan fingerprint density at radius 2 is 1.87 bits per heavy atom. The van der Waals surface area contributed by atoms with Gasteiger partial charge >= 0.3 is 5.97 Å². The summed E-state index contributed by atoms with van der Waals surface area (Å²) in [7, 11) is 0. The monoisotopic (exact) mass is 216 g/mol. The molecular formula is C11H20O4. The molecule has 0 fully saturated rings. The Morgan fingerprint density at radius 1 is 1.27 bits per heavy atom. The number of aliphatic hydroxyl groups excluding tert-OH is 2. The van der Waals surface area contributed by atoms with Gasteiger partial charge in [0.15, 0.2) is 0 Å². The van der Waals surface area contributed by atoms with Crippen molar-refractivity contribution in [3.05, 3.63) is 11.1 Å². The summed E-state index contributed by atoms with van der Waals surface area (Å²) in [5.74, 6) is -0.396. The van der Waals surface area contributed by atoms with E-state index in [0.29, 0.717) is 18.4 Å². The number of rotatable bonds is 6. The van der Waals surface area contributed by atoms with Gasteiger partial charge in [0.25, 0.3) is 0 Å². The fourth-order valence-corrected chi connectivity index (χ4v) is 0.950. The lowest BCUT2D eigenvalue weighted by Crippen LogP contribution is -2.23. The quantitative estimate of drug-likeness (QED) is 0.514. The van der Waals surface area contributed by atoms with Gasteiger partial charge < -0.3 is 14.9 Å². The summed E-state index contributed by atoms with van der Waals surface area (Å²) in [4.78, 5) is 11.5. The number of ether oxygens (including phenoxy) is 1. The lowest BCUT2D eigenvalue weighted by Gasteiger charge is -2.15. The van der Waals surface area contributed by atoms with Gasteiger partial charge in [-0.2, -0.15) is 0 Å². The minimum absolute atomic E-state index is 0.0374. The SMILES string of the molecule is CC(C)=C(C)C(=O)OC(CO)CCCO. The van der Waals surface area contributed by atoms with Crippen LogP contribution in [0.5, 0.6) is 0 Å². The van der Waals surface area contributed by atoms with E-state index in [1.165, 1.54) is 0 Å². The molecule has 4 heteroatoms. The van der Waals surface area contributed by atoms with Crippen LogP contribution in [0, 0.1) is 0 Å². The molecule has 0 aromatic rings. The maximum absolute atomic E-state index is 11.5. The molecular weight excluding hydrogens is 196 g/mol. The molecule has 0 rings (SSSR count). The summed E-state index contributed by atoms with van der Waals surface area (Å²) in [6, 6.07) is 0. The van der Waals surface area contributed by atoms with E-state index in [1.807, 2.05) is 13.8 Å². The highest BCUT2D eigenvalue weighted by Gasteiger charge is 2.14. The maximum atomic E-state index is 11.5. The number of aliphatic hydroxyl groups is 2. The van der Waals surface area contributed by atoms with Crippen LogP contribution in [0.1, 0.15) is 33.6 Å². The van der Waals surface area contributed by atoms with Crippen LogP contribution in [0.2, 0.25) is 0 Å². The summed E-state index contributed by atoms with van der Waals surface area (Å²) >= 11 is 0. The average molecular weight is 216 g/mol. The van der Waals surface area contributed by atoms with E-state index >= 15 is 0 Å². The van der Waals surface area contributed by atoms with Crippen LogP contribution in [0.3, 0.4) is 0 Å². The number of hydrogen-bond donors (Lipinski definition) is 2. The Labute approximate surface area is 90.6 Å². The first-order chi connectivity index (χ1) is 7.02. The van der Waals surface area contributed by atoms with Crippen LogP contribution in [0.15, 0.2) is 11.1 Å². The van der Waals surface area contributed by atoms with Crippen molar-refractivity contribution in [2.45, 2.75) is 39.7 Å². The van der Waals surface area contributed by atoms with E-state index < -0.39 is 12.1 Å². The predicted molar refractivity (Wildman–Crippen MR) is 57.3 cm³/mol. The molecule has 0 saturated carbocycles. The van der Waals surface area contributed by atoms with Crippen molar-refractivity contribution < 1.29 is 19.7 Å². The van der Waals surface area contributed by atoms with Crippen LogP contribution < -0.4 is 0 Å². The molecule has 0 radical (unpaired) electrons. The van der Waals surface area contributed by atoms with Crippen molar-refractivity contribution in [3.8, 4) is 0 Å². The third kappa shape index (κ3) is 5.54. The molecule has 0 aliphatic rings. The van der Waals surface area contributed by atoms with E-state index in [0.717, 1.165) is 5.57 Å². The summed E-state index contributed by atoms with van der Waals surface area (Å²) in [5, 5.41) is 17.6. The second-order valence-electron chi connectivity index (χ2n) is 3.70. The zero-order valence-electron chi connectivity index (χ0n) is 9.62. The van der Waals surface area contributed by atoms with Crippen molar-refractivity contribution in [1.29, 1.82) is 0 Å². The Hall–Kier alpha value is -0.870. The number of hydrogen-bond acceptors (Lipinski definition) is 4. The van der Waals surface area contributed by atoms with Gasteiger partial charge in [-0.1, -0.05) is 5.57 Å².